The number of imide groups is 1. The van der Waals surface area contributed by atoms with E-state index in [0.29, 0.717) is 38.9 Å². The number of amides is 3. The second-order valence-electron chi connectivity index (χ2n) is 7.28. The minimum Gasteiger partial charge on any atom is -0.490 e. The van der Waals surface area contributed by atoms with E-state index in [-0.39, 0.29) is 18.1 Å². The Balaban J connectivity index is 1.59. The van der Waals surface area contributed by atoms with Crippen molar-refractivity contribution in [2.75, 3.05) is 11.5 Å². The number of halogens is 3. The Bertz CT molecular complexity index is 1260. The molecule has 0 unspecified atom stereocenters. The summed E-state index contributed by atoms with van der Waals surface area (Å²) in [6.45, 7) is 2.44. The zero-order valence-corrected chi connectivity index (χ0v) is 20.3. The van der Waals surface area contributed by atoms with Gasteiger partial charge < -0.3 is 14.8 Å². The number of nitrogens with one attached hydrogen (secondary N) is 1. The fourth-order valence-corrected chi connectivity index (χ4v) is 4.04. The van der Waals surface area contributed by atoms with Crippen LogP contribution >= 0.6 is 27.5 Å². The Morgan fingerprint density at radius 2 is 1.76 bits per heavy atom. The first-order valence-electron chi connectivity index (χ1n) is 10.3. The van der Waals surface area contributed by atoms with Gasteiger partial charge in [0.05, 0.1) is 16.8 Å². The molecule has 0 radical (unpaired) electrons. The fourth-order valence-electron chi connectivity index (χ4n) is 3.34. The molecule has 0 saturated carbocycles. The molecule has 6 nitrogen and oxygen atoms in total. The molecule has 4 rings (SSSR count). The van der Waals surface area contributed by atoms with Gasteiger partial charge >= 0.3 is 6.03 Å². The maximum absolute atomic E-state index is 13.1. The van der Waals surface area contributed by atoms with Crippen LogP contribution in [0.25, 0.3) is 6.08 Å². The highest BCUT2D eigenvalue weighted by Gasteiger charge is 2.34. The molecule has 1 N–H and O–H groups in total. The van der Waals surface area contributed by atoms with Gasteiger partial charge in [0.1, 0.15) is 18.1 Å². The van der Waals surface area contributed by atoms with Crippen LogP contribution in [0.3, 0.4) is 0 Å². The van der Waals surface area contributed by atoms with Crippen molar-refractivity contribution in [2.24, 2.45) is 0 Å². The molecule has 1 aliphatic rings. The summed E-state index contributed by atoms with van der Waals surface area (Å²) < 4.78 is 25.4. The van der Waals surface area contributed by atoms with Crippen LogP contribution in [0, 0.1) is 5.82 Å². The number of urea groups is 1. The van der Waals surface area contributed by atoms with Gasteiger partial charge in [0.2, 0.25) is 0 Å². The Morgan fingerprint density at radius 3 is 2.44 bits per heavy atom. The molecule has 1 saturated heterocycles. The van der Waals surface area contributed by atoms with E-state index in [4.69, 9.17) is 21.1 Å². The normalized spacial score (nSPS) is 14.5. The predicted molar refractivity (Wildman–Crippen MR) is 131 cm³/mol. The van der Waals surface area contributed by atoms with E-state index in [2.05, 4.69) is 21.2 Å². The van der Waals surface area contributed by atoms with Gasteiger partial charge in [0.25, 0.3) is 5.91 Å². The smallest absolute Gasteiger partial charge is 0.333 e. The highest BCUT2D eigenvalue weighted by molar-refractivity contribution is 9.10. The van der Waals surface area contributed by atoms with Crippen molar-refractivity contribution in [3.8, 4) is 11.5 Å². The summed E-state index contributed by atoms with van der Waals surface area (Å²) in [6, 6.07) is 15.3. The summed E-state index contributed by atoms with van der Waals surface area (Å²) in [5.74, 6) is 0.119. The highest BCUT2D eigenvalue weighted by Crippen LogP contribution is 2.38. The number of benzene rings is 3. The monoisotopic (exact) mass is 544 g/mol. The van der Waals surface area contributed by atoms with E-state index in [0.717, 1.165) is 10.5 Å². The van der Waals surface area contributed by atoms with Crippen molar-refractivity contribution >= 4 is 51.2 Å². The molecule has 0 aromatic heterocycles. The SMILES string of the molecule is CCOc1cc(/C=C2/NC(=O)N(c3ccc(Cl)cc3)C2=O)cc(Br)c1OCc1ccc(F)cc1. The molecule has 0 aliphatic carbocycles. The van der Waals surface area contributed by atoms with Gasteiger partial charge in [-0.3, -0.25) is 4.79 Å². The molecule has 0 bridgehead atoms. The second kappa shape index (κ2) is 10.3. The van der Waals surface area contributed by atoms with Crippen LogP contribution in [0.4, 0.5) is 14.9 Å². The lowest BCUT2D eigenvalue weighted by atomic mass is 10.1. The quantitative estimate of drug-likeness (QED) is 0.279. The maximum atomic E-state index is 13.1. The number of rotatable bonds is 7. The second-order valence-corrected chi connectivity index (χ2v) is 8.57. The third-order valence-corrected chi connectivity index (χ3v) is 5.74. The molecular weight excluding hydrogens is 527 g/mol. The molecule has 3 aromatic carbocycles. The molecular formula is C25H19BrClFN2O4. The van der Waals surface area contributed by atoms with E-state index >= 15 is 0 Å². The number of nitrogens with zero attached hydrogens (tertiary/aromatic N) is 1. The number of anilines is 1. The van der Waals surface area contributed by atoms with Crippen molar-refractivity contribution in [1.82, 2.24) is 5.32 Å². The molecule has 1 heterocycles. The van der Waals surface area contributed by atoms with E-state index in [1.54, 1.807) is 54.6 Å². The zero-order chi connectivity index (χ0) is 24.2. The van der Waals surface area contributed by atoms with E-state index in [1.165, 1.54) is 12.1 Å². The number of hydrogen-bond donors (Lipinski definition) is 1. The van der Waals surface area contributed by atoms with Gasteiger partial charge in [-0.2, -0.15) is 0 Å². The molecule has 1 aliphatic heterocycles. The van der Waals surface area contributed by atoms with Crippen molar-refractivity contribution in [2.45, 2.75) is 13.5 Å². The first kappa shape index (κ1) is 23.8. The Morgan fingerprint density at radius 1 is 1.06 bits per heavy atom. The largest absolute Gasteiger partial charge is 0.490 e. The topological polar surface area (TPSA) is 67.9 Å². The van der Waals surface area contributed by atoms with Crippen LogP contribution in [-0.4, -0.2) is 18.5 Å². The van der Waals surface area contributed by atoms with Crippen molar-refractivity contribution < 1.29 is 23.5 Å². The number of hydrogen-bond acceptors (Lipinski definition) is 4. The van der Waals surface area contributed by atoms with Gasteiger partial charge in [-0.1, -0.05) is 23.7 Å². The molecule has 1 fully saturated rings. The summed E-state index contributed by atoms with van der Waals surface area (Å²) in [5, 5.41) is 3.10. The van der Waals surface area contributed by atoms with Crippen molar-refractivity contribution in [3.63, 3.8) is 0 Å². The van der Waals surface area contributed by atoms with E-state index < -0.39 is 11.9 Å². The van der Waals surface area contributed by atoms with Crippen LogP contribution in [0.5, 0.6) is 11.5 Å². The fraction of sp³-hybridized carbons (Fsp3) is 0.120. The van der Waals surface area contributed by atoms with Gasteiger partial charge in [0, 0.05) is 5.02 Å². The van der Waals surface area contributed by atoms with Crippen LogP contribution in [-0.2, 0) is 11.4 Å². The first-order valence-corrected chi connectivity index (χ1v) is 11.5. The van der Waals surface area contributed by atoms with Crippen LogP contribution < -0.4 is 19.7 Å². The van der Waals surface area contributed by atoms with Gasteiger partial charge in [-0.15, -0.1) is 0 Å². The molecule has 174 valence electrons. The van der Waals surface area contributed by atoms with Crippen LogP contribution in [0.2, 0.25) is 5.02 Å². The summed E-state index contributed by atoms with van der Waals surface area (Å²) in [6.07, 6.45) is 1.56. The molecule has 34 heavy (non-hydrogen) atoms. The van der Waals surface area contributed by atoms with Gasteiger partial charge in [0.15, 0.2) is 11.5 Å². The summed E-state index contributed by atoms with van der Waals surface area (Å²) in [4.78, 5) is 26.4. The van der Waals surface area contributed by atoms with Gasteiger partial charge in [-0.05, 0) is 88.6 Å². The zero-order valence-electron chi connectivity index (χ0n) is 18.0. The summed E-state index contributed by atoms with van der Waals surface area (Å²) in [5.41, 5.74) is 1.94. The van der Waals surface area contributed by atoms with Crippen LogP contribution in [0.1, 0.15) is 18.1 Å². The highest BCUT2D eigenvalue weighted by atomic mass is 79.9. The van der Waals surface area contributed by atoms with E-state index in [9.17, 15) is 14.0 Å². The number of ether oxygens (including phenoxy) is 2. The average Bonchev–Trinajstić information content (AvgIpc) is 3.08. The summed E-state index contributed by atoms with van der Waals surface area (Å²) in [7, 11) is 0. The third-order valence-electron chi connectivity index (χ3n) is 4.90. The minimum atomic E-state index is -0.554. The summed E-state index contributed by atoms with van der Waals surface area (Å²) >= 11 is 9.40. The minimum absolute atomic E-state index is 0.120. The average molecular weight is 546 g/mol. The number of carbonyl (C=O) groups is 2. The molecule has 3 aromatic rings. The Hall–Kier alpha value is -3.36. The van der Waals surface area contributed by atoms with Crippen LogP contribution in [0.15, 0.2) is 70.8 Å². The lowest BCUT2D eigenvalue weighted by Gasteiger charge is -2.15. The standard InChI is InChI=1S/C25H19BrClFN2O4/c1-2-33-22-13-16(11-20(26)23(22)34-14-15-3-7-18(28)8-4-15)12-21-24(31)30(25(32)29-21)19-9-5-17(27)6-10-19/h3-13H,2,14H2,1H3,(H,29,32)/b21-12+. The maximum Gasteiger partial charge on any atom is 0.333 e. The van der Waals surface area contributed by atoms with Crippen molar-refractivity contribution in [1.29, 1.82) is 0 Å². The Kier molecular flexibility index (Phi) is 7.19. The van der Waals surface area contributed by atoms with Crippen molar-refractivity contribution in [3.05, 3.63) is 92.8 Å². The lowest BCUT2D eigenvalue weighted by molar-refractivity contribution is -0.113. The van der Waals surface area contributed by atoms with E-state index in [1.807, 2.05) is 6.92 Å². The molecule has 9 heteroatoms. The Labute approximate surface area is 209 Å². The number of carbonyl (C=O) groups excluding carboxylic acids is 2. The lowest BCUT2D eigenvalue weighted by Crippen LogP contribution is -2.30. The third kappa shape index (κ3) is 5.24. The van der Waals surface area contributed by atoms with Gasteiger partial charge in [-0.25, -0.2) is 14.1 Å². The first-order chi connectivity index (χ1) is 16.4. The molecule has 0 atom stereocenters. The molecule has 3 amide bonds. The molecule has 0 spiro atoms. The predicted octanol–water partition coefficient (Wildman–Crippen LogP) is 6.32.